The van der Waals surface area contributed by atoms with Gasteiger partial charge in [-0.25, -0.2) is 9.59 Å². The van der Waals surface area contributed by atoms with Gasteiger partial charge in [-0.15, -0.1) is 0 Å². The van der Waals surface area contributed by atoms with Crippen LogP contribution in [0.3, 0.4) is 0 Å². The van der Waals surface area contributed by atoms with E-state index in [2.05, 4.69) is 0 Å². The van der Waals surface area contributed by atoms with E-state index in [4.69, 9.17) is 5.11 Å². The molecule has 0 saturated carbocycles. The van der Waals surface area contributed by atoms with Crippen molar-refractivity contribution in [2.75, 3.05) is 0 Å². The third kappa shape index (κ3) is 2.56. The van der Waals surface area contributed by atoms with Gasteiger partial charge in [-0.1, -0.05) is 12.1 Å². The van der Waals surface area contributed by atoms with Crippen LogP contribution in [-0.2, 0) is 13.6 Å². The molecule has 0 spiro atoms. The Bertz CT molecular complexity index is 1060. The second-order valence-electron chi connectivity index (χ2n) is 5.44. The van der Waals surface area contributed by atoms with Crippen LogP contribution < -0.4 is 11.2 Å². The van der Waals surface area contributed by atoms with Crippen molar-refractivity contribution in [3.63, 3.8) is 0 Å². The van der Waals surface area contributed by atoms with Crippen LogP contribution in [-0.4, -0.2) is 25.3 Å². The van der Waals surface area contributed by atoms with Crippen LogP contribution in [0.5, 0.6) is 5.75 Å². The van der Waals surface area contributed by atoms with Crippen LogP contribution in [0.15, 0.2) is 52.1 Å². The lowest BCUT2D eigenvalue weighted by Crippen LogP contribution is -2.39. The standard InChI is InChI=1S/C17H14N2O5/c1-18-14-7-4-11(16(22)23)8-13(14)15(21)19(17(18)24)9-10-2-5-12(20)6-3-10/h2-8,20H,9H2,1H3,(H,22,23). The van der Waals surface area contributed by atoms with Crippen molar-refractivity contribution in [3.05, 3.63) is 74.4 Å². The van der Waals surface area contributed by atoms with Crippen LogP contribution in [0.1, 0.15) is 15.9 Å². The summed E-state index contributed by atoms with van der Waals surface area (Å²) in [5.74, 6) is -1.06. The molecule has 0 aliphatic rings. The Kier molecular flexibility index (Phi) is 3.69. The zero-order valence-electron chi connectivity index (χ0n) is 12.8. The Labute approximate surface area is 135 Å². The molecule has 2 aromatic carbocycles. The van der Waals surface area contributed by atoms with Gasteiger partial charge in [0.25, 0.3) is 5.56 Å². The summed E-state index contributed by atoms with van der Waals surface area (Å²) in [6.45, 7) is 0.0268. The van der Waals surface area contributed by atoms with E-state index >= 15 is 0 Å². The summed E-state index contributed by atoms with van der Waals surface area (Å²) >= 11 is 0. The van der Waals surface area contributed by atoms with E-state index in [1.54, 1.807) is 12.1 Å². The fourth-order valence-electron chi connectivity index (χ4n) is 2.57. The lowest BCUT2D eigenvalue weighted by atomic mass is 10.1. The maximum Gasteiger partial charge on any atom is 0.335 e. The molecule has 0 aliphatic heterocycles. The van der Waals surface area contributed by atoms with Crippen LogP contribution in [0, 0.1) is 0 Å². The first kappa shape index (κ1) is 15.5. The predicted octanol–water partition coefficient (Wildman–Crippen LogP) is 1.15. The number of benzene rings is 2. The maximum absolute atomic E-state index is 12.7. The van der Waals surface area contributed by atoms with E-state index in [1.165, 1.54) is 41.9 Å². The Morgan fingerprint density at radius 2 is 1.75 bits per heavy atom. The van der Waals surface area contributed by atoms with Crippen LogP contribution in [0.25, 0.3) is 10.9 Å². The SMILES string of the molecule is Cn1c(=O)n(Cc2ccc(O)cc2)c(=O)c2cc(C(=O)O)ccc21. The Balaban J connectivity index is 2.24. The molecule has 3 rings (SSSR count). The highest BCUT2D eigenvalue weighted by Crippen LogP contribution is 2.13. The third-order valence-corrected chi connectivity index (χ3v) is 3.88. The number of rotatable bonds is 3. The van der Waals surface area contributed by atoms with Gasteiger partial charge in [0.05, 0.1) is 23.0 Å². The second kappa shape index (κ2) is 5.69. The van der Waals surface area contributed by atoms with Gasteiger partial charge >= 0.3 is 11.7 Å². The topological polar surface area (TPSA) is 102 Å². The summed E-state index contributed by atoms with van der Waals surface area (Å²) in [5.41, 5.74) is -0.0277. The van der Waals surface area contributed by atoms with E-state index < -0.39 is 17.2 Å². The number of aromatic carboxylic acids is 1. The summed E-state index contributed by atoms with van der Waals surface area (Å²) in [6.07, 6.45) is 0. The zero-order valence-corrected chi connectivity index (χ0v) is 12.8. The first-order chi connectivity index (χ1) is 11.4. The second-order valence-corrected chi connectivity index (χ2v) is 5.44. The molecule has 0 saturated heterocycles. The minimum atomic E-state index is -1.14. The van der Waals surface area contributed by atoms with Gasteiger partial charge in [0.1, 0.15) is 5.75 Å². The van der Waals surface area contributed by atoms with Crippen molar-refractivity contribution in [2.24, 2.45) is 7.05 Å². The largest absolute Gasteiger partial charge is 0.508 e. The van der Waals surface area contributed by atoms with E-state index in [9.17, 15) is 19.5 Å². The number of carbonyl (C=O) groups is 1. The molecule has 0 aliphatic carbocycles. The van der Waals surface area contributed by atoms with E-state index in [1.807, 2.05) is 0 Å². The molecule has 1 aromatic heterocycles. The summed E-state index contributed by atoms with van der Waals surface area (Å²) in [5, 5.41) is 18.6. The summed E-state index contributed by atoms with van der Waals surface area (Å²) in [6, 6.07) is 10.2. The number of nitrogens with zero attached hydrogens (tertiary/aromatic N) is 2. The normalized spacial score (nSPS) is 10.9. The van der Waals surface area contributed by atoms with Crippen molar-refractivity contribution < 1.29 is 15.0 Å². The molecule has 122 valence electrons. The van der Waals surface area contributed by atoms with Gasteiger partial charge in [-0.05, 0) is 35.9 Å². The monoisotopic (exact) mass is 326 g/mol. The van der Waals surface area contributed by atoms with Gasteiger partial charge in [-0.2, -0.15) is 0 Å². The van der Waals surface area contributed by atoms with E-state index in [0.717, 1.165) is 4.57 Å². The highest BCUT2D eigenvalue weighted by atomic mass is 16.4. The van der Waals surface area contributed by atoms with Crippen LogP contribution in [0.2, 0.25) is 0 Å². The number of hydrogen-bond acceptors (Lipinski definition) is 4. The van der Waals surface area contributed by atoms with Crippen molar-refractivity contribution >= 4 is 16.9 Å². The molecule has 1 heterocycles. The number of phenolic OH excluding ortho intramolecular Hbond substituents is 1. The fourth-order valence-corrected chi connectivity index (χ4v) is 2.57. The number of hydrogen-bond donors (Lipinski definition) is 2. The summed E-state index contributed by atoms with van der Waals surface area (Å²) in [7, 11) is 1.53. The highest BCUT2D eigenvalue weighted by Gasteiger charge is 2.13. The molecule has 3 aromatic rings. The van der Waals surface area contributed by atoms with E-state index in [0.29, 0.717) is 11.1 Å². The first-order valence-corrected chi connectivity index (χ1v) is 7.13. The molecule has 2 N–H and O–H groups in total. The van der Waals surface area contributed by atoms with Gasteiger partial charge in [0.2, 0.25) is 0 Å². The maximum atomic E-state index is 12.7. The van der Waals surface area contributed by atoms with Crippen molar-refractivity contribution in [1.29, 1.82) is 0 Å². The molecule has 0 radical (unpaired) electrons. The molecule has 24 heavy (non-hydrogen) atoms. The molecule has 7 nitrogen and oxygen atoms in total. The molecule has 0 atom stereocenters. The number of aryl methyl sites for hydroxylation is 1. The summed E-state index contributed by atoms with van der Waals surface area (Å²) in [4.78, 5) is 36.2. The zero-order chi connectivity index (χ0) is 17.4. The molecule has 0 bridgehead atoms. The Hall–Kier alpha value is -3.35. The van der Waals surface area contributed by atoms with E-state index in [-0.39, 0.29) is 23.2 Å². The number of aromatic hydroxyl groups is 1. The predicted molar refractivity (Wildman–Crippen MR) is 87.6 cm³/mol. The lowest BCUT2D eigenvalue weighted by molar-refractivity contribution is 0.0697. The van der Waals surface area contributed by atoms with Gasteiger partial charge in [0, 0.05) is 7.05 Å². The van der Waals surface area contributed by atoms with Crippen molar-refractivity contribution in [1.82, 2.24) is 9.13 Å². The first-order valence-electron chi connectivity index (χ1n) is 7.13. The molecule has 0 fully saturated rings. The average Bonchev–Trinajstić information content (AvgIpc) is 2.58. The van der Waals surface area contributed by atoms with Gasteiger partial charge in [-0.3, -0.25) is 13.9 Å². The molecule has 7 heteroatoms. The molecular weight excluding hydrogens is 312 g/mol. The number of fused-ring (bicyclic) bond motifs is 1. The van der Waals surface area contributed by atoms with Crippen molar-refractivity contribution in [3.8, 4) is 5.75 Å². The Morgan fingerprint density at radius 3 is 2.38 bits per heavy atom. The molecule has 0 amide bonds. The number of carboxylic acids is 1. The van der Waals surface area contributed by atoms with Crippen LogP contribution in [0.4, 0.5) is 0 Å². The van der Waals surface area contributed by atoms with Gasteiger partial charge in [0.15, 0.2) is 0 Å². The minimum Gasteiger partial charge on any atom is -0.508 e. The van der Waals surface area contributed by atoms with Crippen molar-refractivity contribution in [2.45, 2.75) is 6.54 Å². The third-order valence-electron chi connectivity index (χ3n) is 3.88. The summed E-state index contributed by atoms with van der Waals surface area (Å²) < 4.78 is 2.35. The molecule has 0 unspecified atom stereocenters. The minimum absolute atomic E-state index is 0.0190. The number of carboxylic acid groups (broad SMARTS) is 1. The number of aromatic nitrogens is 2. The molecular formula is C17H14N2O5. The number of phenols is 1. The fraction of sp³-hybridized carbons (Fsp3) is 0.118. The smallest absolute Gasteiger partial charge is 0.335 e. The average molecular weight is 326 g/mol. The Morgan fingerprint density at radius 1 is 1.08 bits per heavy atom. The lowest BCUT2D eigenvalue weighted by Gasteiger charge is -2.11. The highest BCUT2D eigenvalue weighted by molar-refractivity contribution is 5.93. The van der Waals surface area contributed by atoms with Gasteiger partial charge < -0.3 is 10.2 Å². The van der Waals surface area contributed by atoms with Crippen LogP contribution >= 0.6 is 0 Å². The quantitative estimate of drug-likeness (QED) is 0.752.